The first-order chi connectivity index (χ1) is 9.99. The Hall–Kier alpha value is -1.40. The lowest BCUT2D eigenvalue weighted by Crippen LogP contribution is -2.14. The van der Waals surface area contributed by atoms with Crippen molar-refractivity contribution in [3.63, 3.8) is 0 Å². The van der Waals surface area contributed by atoms with Crippen LogP contribution in [0.1, 0.15) is 23.0 Å². The summed E-state index contributed by atoms with van der Waals surface area (Å²) in [6.45, 7) is 4.61. The zero-order valence-electron chi connectivity index (χ0n) is 11.7. The fraction of sp³-hybridized carbons (Fsp3) is 0.200. The van der Waals surface area contributed by atoms with Crippen molar-refractivity contribution >= 4 is 49.3 Å². The maximum atomic E-state index is 12.4. The first-order valence-electron chi connectivity index (χ1n) is 6.48. The molecule has 2 N–H and O–H groups in total. The lowest BCUT2D eigenvalue weighted by atomic mass is 10.2. The number of carbonyl (C=O) groups excluding carboxylic acids is 1. The van der Waals surface area contributed by atoms with Crippen LogP contribution < -0.4 is 10.6 Å². The lowest BCUT2D eigenvalue weighted by molar-refractivity contribution is 0.102. The number of aryl methyl sites for hydroxylation is 1. The van der Waals surface area contributed by atoms with Crippen molar-refractivity contribution in [1.29, 1.82) is 0 Å². The third-order valence-electron chi connectivity index (χ3n) is 2.75. The molecule has 0 fully saturated rings. The van der Waals surface area contributed by atoms with Gasteiger partial charge in [-0.2, -0.15) is 0 Å². The van der Waals surface area contributed by atoms with E-state index in [0.717, 1.165) is 21.2 Å². The minimum absolute atomic E-state index is 0.168. The zero-order chi connectivity index (χ0) is 15.4. The van der Waals surface area contributed by atoms with Crippen LogP contribution in [-0.2, 0) is 0 Å². The fourth-order valence-electron chi connectivity index (χ4n) is 1.86. The van der Waals surface area contributed by atoms with Gasteiger partial charge in [0.1, 0.15) is 5.82 Å². The molecule has 21 heavy (non-hydrogen) atoms. The number of rotatable bonds is 4. The van der Waals surface area contributed by atoms with Gasteiger partial charge in [-0.1, -0.05) is 15.9 Å². The standard InChI is InChI=1S/C15H15Br2N3O/c1-3-18-14-7-10(6-9(2)19-14)15(21)20-13-8-11(16)4-5-12(13)17/h4-8H,3H2,1-2H3,(H,18,19)(H,20,21). The number of hydrogen-bond acceptors (Lipinski definition) is 3. The number of nitrogens with one attached hydrogen (secondary N) is 2. The van der Waals surface area contributed by atoms with Crippen molar-refractivity contribution < 1.29 is 4.79 Å². The molecule has 2 aromatic rings. The third kappa shape index (κ3) is 4.28. The number of halogens is 2. The topological polar surface area (TPSA) is 54.0 Å². The number of anilines is 2. The number of pyridine rings is 1. The summed E-state index contributed by atoms with van der Waals surface area (Å²) in [6, 6.07) is 9.14. The van der Waals surface area contributed by atoms with Gasteiger partial charge in [-0.05, 0) is 60.1 Å². The van der Waals surface area contributed by atoms with Gasteiger partial charge < -0.3 is 10.6 Å². The molecule has 0 aliphatic heterocycles. The minimum atomic E-state index is -0.168. The normalized spacial score (nSPS) is 10.3. The van der Waals surface area contributed by atoms with Crippen LogP contribution >= 0.6 is 31.9 Å². The van der Waals surface area contributed by atoms with Crippen LogP contribution in [0.25, 0.3) is 0 Å². The van der Waals surface area contributed by atoms with Crippen molar-refractivity contribution in [2.75, 3.05) is 17.2 Å². The molecule has 0 aliphatic carbocycles. The first kappa shape index (κ1) is 16.0. The molecule has 0 bridgehead atoms. The van der Waals surface area contributed by atoms with Gasteiger partial charge in [0.2, 0.25) is 0 Å². The molecule has 1 heterocycles. The molecule has 0 atom stereocenters. The molecule has 0 saturated heterocycles. The Kier molecular flexibility index (Phi) is 5.36. The van der Waals surface area contributed by atoms with Gasteiger partial charge in [0.25, 0.3) is 5.91 Å². The molecule has 0 spiro atoms. The monoisotopic (exact) mass is 411 g/mol. The van der Waals surface area contributed by atoms with E-state index in [-0.39, 0.29) is 5.91 Å². The summed E-state index contributed by atoms with van der Waals surface area (Å²) in [7, 11) is 0. The van der Waals surface area contributed by atoms with Gasteiger partial charge in [-0.15, -0.1) is 0 Å². The SMILES string of the molecule is CCNc1cc(C(=O)Nc2cc(Br)ccc2Br)cc(C)n1. The van der Waals surface area contributed by atoms with E-state index in [0.29, 0.717) is 17.1 Å². The van der Waals surface area contributed by atoms with Crippen LogP contribution in [-0.4, -0.2) is 17.4 Å². The van der Waals surface area contributed by atoms with E-state index < -0.39 is 0 Å². The Labute approximate surface area is 140 Å². The van der Waals surface area contributed by atoms with Crippen molar-refractivity contribution in [1.82, 2.24) is 4.98 Å². The van der Waals surface area contributed by atoms with Gasteiger partial charge in [-0.3, -0.25) is 4.79 Å². The number of amides is 1. The van der Waals surface area contributed by atoms with Crippen LogP contribution in [0.15, 0.2) is 39.3 Å². The average Bonchev–Trinajstić information content (AvgIpc) is 2.42. The third-order valence-corrected chi connectivity index (χ3v) is 3.93. The quantitative estimate of drug-likeness (QED) is 0.771. The summed E-state index contributed by atoms with van der Waals surface area (Å²) in [5.41, 5.74) is 2.09. The largest absolute Gasteiger partial charge is 0.370 e. The molecule has 6 heteroatoms. The molecule has 1 aromatic heterocycles. The van der Waals surface area contributed by atoms with E-state index in [2.05, 4.69) is 47.5 Å². The number of carbonyl (C=O) groups is 1. The number of benzene rings is 1. The zero-order valence-corrected chi connectivity index (χ0v) is 14.9. The fourth-order valence-corrected chi connectivity index (χ4v) is 2.57. The summed E-state index contributed by atoms with van der Waals surface area (Å²) >= 11 is 6.82. The first-order valence-corrected chi connectivity index (χ1v) is 8.07. The molecule has 0 unspecified atom stereocenters. The second-order valence-corrected chi connectivity index (χ2v) is 6.26. The lowest BCUT2D eigenvalue weighted by Gasteiger charge is -2.10. The van der Waals surface area contributed by atoms with E-state index in [1.54, 1.807) is 12.1 Å². The molecule has 1 amide bonds. The van der Waals surface area contributed by atoms with E-state index in [9.17, 15) is 4.79 Å². The average molecular weight is 413 g/mol. The summed E-state index contributed by atoms with van der Waals surface area (Å²) < 4.78 is 1.73. The molecule has 2 rings (SSSR count). The van der Waals surface area contributed by atoms with Crippen LogP contribution in [0.5, 0.6) is 0 Å². The molecule has 110 valence electrons. The maximum absolute atomic E-state index is 12.4. The summed E-state index contributed by atoms with van der Waals surface area (Å²) in [6.07, 6.45) is 0. The number of nitrogens with zero attached hydrogens (tertiary/aromatic N) is 1. The van der Waals surface area contributed by atoms with E-state index in [4.69, 9.17) is 0 Å². The highest BCUT2D eigenvalue weighted by Gasteiger charge is 2.11. The highest BCUT2D eigenvalue weighted by molar-refractivity contribution is 9.11. The maximum Gasteiger partial charge on any atom is 0.255 e. The van der Waals surface area contributed by atoms with Crippen molar-refractivity contribution in [2.45, 2.75) is 13.8 Å². The van der Waals surface area contributed by atoms with Gasteiger partial charge in [0.05, 0.1) is 5.69 Å². The number of aromatic nitrogens is 1. The summed E-state index contributed by atoms with van der Waals surface area (Å²) in [5.74, 6) is 0.536. The van der Waals surface area contributed by atoms with Crippen LogP contribution in [0, 0.1) is 6.92 Å². The highest BCUT2D eigenvalue weighted by atomic mass is 79.9. The predicted octanol–water partition coefficient (Wildman–Crippen LogP) is 4.60. The van der Waals surface area contributed by atoms with E-state index >= 15 is 0 Å². The summed E-state index contributed by atoms with van der Waals surface area (Å²) in [4.78, 5) is 16.7. The Balaban J connectivity index is 2.25. The summed E-state index contributed by atoms with van der Waals surface area (Å²) in [5, 5.41) is 6.01. The molecule has 0 radical (unpaired) electrons. The molecule has 1 aromatic carbocycles. The molecule has 0 aliphatic rings. The van der Waals surface area contributed by atoms with Gasteiger partial charge in [-0.25, -0.2) is 4.98 Å². The second kappa shape index (κ2) is 7.04. The molecular weight excluding hydrogens is 398 g/mol. The predicted molar refractivity (Wildman–Crippen MR) is 92.9 cm³/mol. The van der Waals surface area contributed by atoms with Gasteiger partial charge >= 0.3 is 0 Å². The van der Waals surface area contributed by atoms with E-state index in [1.165, 1.54) is 0 Å². The van der Waals surface area contributed by atoms with Crippen molar-refractivity contribution in [3.8, 4) is 0 Å². The Morgan fingerprint density at radius 1 is 1.24 bits per heavy atom. The Bertz CT molecular complexity index is 674. The van der Waals surface area contributed by atoms with Crippen LogP contribution in [0.2, 0.25) is 0 Å². The molecule has 0 saturated carbocycles. The Morgan fingerprint density at radius 2 is 2.00 bits per heavy atom. The molecular formula is C15H15Br2N3O. The van der Waals surface area contributed by atoms with E-state index in [1.807, 2.05) is 32.0 Å². The van der Waals surface area contributed by atoms with Gasteiger partial charge in [0, 0.05) is 26.7 Å². The van der Waals surface area contributed by atoms with Gasteiger partial charge in [0.15, 0.2) is 0 Å². The second-order valence-electron chi connectivity index (χ2n) is 4.49. The van der Waals surface area contributed by atoms with Crippen molar-refractivity contribution in [2.24, 2.45) is 0 Å². The number of hydrogen-bond donors (Lipinski definition) is 2. The molecule has 4 nitrogen and oxygen atoms in total. The Morgan fingerprint density at radius 3 is 2.71 bits per heavy atom. The minimum Gasteiger partial charge on any atom is -0.370 e. The smallest absolute Gasteiger partial charge is 0.255 e. The van der Waals surface area contributed by atoms with Crippen molar-refractivity contribution in [3.05, 3.63) is 50.5 Å². The highest BCUT2D eigenvalue weighted by Crippen LogP contribution is 2.26. The van der Waals surface area contributed by atoms with Crippen LogP contribution in [0.3, 0.4) is 0 Å². The van der Waals surface area contributed by atoms with Crippen LogP contribution in [0.4, 0.5) is 11.5 Å².